The third-order valence-electron chi connectivity index (χ3n) is 2.97. The number of nitrogens with zero attached hydrogens (tertiary/aromatic N) is 1. The second-order valence-corrected chi connectivity index (χ2v) is 4.55. The van der Waals surface area contributed by atoms with E-state index in [1.54, 1.807) is 30.7 Å². The van der Waals surface area contributed by atoms with Crippen molar-refractivity contribution < 1.29 is 13.6 Å². The molecule has 1 N–H and O–H groups in total. The number of hydrogen-bond donors (Lipinski definition) is 1. The van der Waals surface area contributed by atoms with Gasteiger partial charge in [-0.1, -0.05) is 30.3 Å². The molecule has 5 nitrogen and oxygen atoms in total. The smallest absolute Gasteiger partial charge is 0.244 e. The summed E-state index contributed by atoms with van der Waals surface area (Å²) in [5.74, 6) is 1.52. The van der Waals surface area contributed by atoms with Crippen LogP contribution in [-0.2, 0) is 11.3 Å². The van der Waals surface area contributed by atoms with E-state index in [2.05, 4.69) is 10.3 Å². The Morgan fingerprint density at radius 2 is 2.05 bits per heavy atom. The highest BCUT2D eigenvalue weighted by atomic mass is 16.4. The van der Waals surface area contributed by atoms with Crippen LogP contribution in [0.2, 0.25) is 0 Å². The van der Waals surface area contributed by atoms with Crippen molar-refractivity contribution >= 4 is 12.0 Å². The van der Waals surface area contributed by atoms with Gasteiger partial charge in [0.15, 0.2) is 5.76 Å². The lowest BCUT2D eigenvalue weighted by molar-refractivity contribution is -0.116. The molecule has 5 heteroatoms. The first-order valence-electron chi connectivity index (χ1n) is 6.81. The third kappa shape index (κ3) is 3.52. The van der Waals surface area contributed by atoms with E-state index >= 15 is 0 Å². The summed E-state index contributed by atoms with van der Waals surface area (Å²) in [6, 6.07) is 13.2. The topological polar surface area (TPSA) is 68.3 Å². The minimum absolute atomic E-state index is 0.230. The normalized spacial score (nSPS) is 10.9. The molecular formula is C17H14N2O3. The molecule has 0 bridgehead atoms. The fourth-order valence-electron chi connectivity index (χ4n) is 1.89. The van der Waals surface area contributed by atoms with E-state index in [-0.39, 0.29) is 12.5 Å². The first kappa shape index (κ1) is 13.9. The zero-order valence-electron chi connectivity index (χ0n) is 11.7. The van der Waals surface area contributed by atoms with E-state index in [0.29, 0.717) is 17.4 Å². The molecule has 0 saturated heterocycles. The van der Waals surface area contributed by atoms with Crippen LogP contribution in [-0.4, -0.2) is 10.9 Å². The minimum atomic E-state index is -0.240. The average molecular weight is 294 g/mol. The maximum absolute atomic E-state index is 11.7. The van der Waals surface area contributed by atoms with Crippen molar-refractivity contribution in [1.29, 1.82) is 0 Å². The number of amides is 1. The quantitative estimate of drug-likeness (QED) is 0.733. The standard InChI is InChI=1S/C17H14N2O3/c20-16(9-8-14-7-4-10-21-14)18-12-17-19-11-15(22-17)13-5-2-1-3-6-13/h1-11H,12H2,(H,18,20). The van der Waals surface area contributed by atoms with Gasteiger partial charge in [-0.15, -0.1) is 0 Å². The van der Waals surface area contributed by atoms with Crippen molar-refractivity contribution in [2.24, 2.45) is 0 Å². The van der Waals surface area contributed by atoms with Crippen molar-refractivity contribution in [3.05, 3.63) is 72.7 Å². The van der Waals surface area contributed by atoms with Crippen molar-refractivity contribution in [3.63, 3.8) is 0 Å². The second-order valence-electron chi connectivity index (χ2n) is 4.55. The largest absolute Gasteiger partial charge is 0.465 e. The first-order chi connectivity index (χ1) is 10.8. The number of oxazole rings is 1. The summed E-state index contributed by atoms with van der Waals surface area (Å²) in [7, 11) is 0. The van der Waals surface area contributed by atoms with Gasteiger partial charge in [0.2, 0.25) is 11.8 Å². The number of aromatic nitrogens is 1. The molecule has 0 fully saturated rings. The lowest BCUT2D eigenvalue weighted by atomic mass is 10.2. The van der Waals surface area contributed by atoms with Crippen LogP contribution >= 0.6 is 0 Å². The Morgan fingerprint density at radius 3 is 2.82 bits per heavy atom. The van der Waals surface area contributed by atoms with Crippen LogP contribution < -0.4 is 5.32 Å². The molecule has 2 aromatic heterocycles. The van der Waals surface area contributed by atoms with E-state index in [1.807, 2.05) is 30.3 Å². The summed E-state index contributed by atoms with van der Waals surface area (Å²) in [4.78, 5) is 15.8. The molecule has 110 valence electrons. The van der Waals surface area contributed by atoms with Gasteiger partial charge < -0.3 is 14.2 Å². The third-order valence-corrected chi connectivity index (χ3v) is 2.97. The van der Waals surface area contributed by atoms with Gasteiger partial charge in [0.05, 0.1) is 19.0 Å². The Labute approximate surface area is 127 Å². The Kier molecular flexibility index (Phi) is 4.15. The number of rotatable bonds is 5. The fraction of sp³-hybridized carbons (Fsp3) is 0.0588. The molecular weight excluding hydrogens is 280 g/mol. The molecule has 0 radical (unpaired) electrons. The number of carbonyl (C=O) groups is 1. The number of furan rings is 1. The molecule has 1 amide bonds. The van der Waals surface area contributed by atoms with E-state index in [9.17, 15) is 4.79 Å². The SMILES string of the molecule is O=C(C=Cc1ccco1)NCc1ncc(-c2ccccc2)o1. The molecule has 22 heavy (non-hydrogen) atoms. The zero-order chi connectivity index (χ0) is 15.2. The predicted octanol–water partition coefficient (Wildman–Crippen LogP) is 3.26. The summed E-state index contributed by atoms with van der Waals surface area (Å²) < 4.78 is 10.7. The van der Waals surface area contributed by atoms with Gasteiger partial charge in [-0.25, -0.2) is 4.98 Å². The summed E-state index contributed by atoms with van der Waals surface area (Å²) in [6.45, 7) is 0.230. The summed E-state index contributed by atoms with van der Waals surface area (Å²) in [6.07, 6.45) is 6.20. The maximum Gasteiger partial charge on any atom is 0.244 e. The molecule has 0 aliphatic carbocycles. The summed E-state index contributed by atoms with van der Waals surface area (Å²) in [5, 5.41) is 2.70. The number of benzene rings is 1. The van der Waals surface area contributed by atoms with E-state index in [1.165, 1.54) is 6.08 Å². The van der Waals surface area contributed by atoms with E-state index in [4.69, 9.17) is 8.83 Å². The van der Waals surface area contributed by atoms with Gasteiger partial charge in [-0.3, -0.25) is 4.79 Å². The summed E-state index contributed by atoms with van der Waals surface area (Å²) >= 11 is 0. The molecule has 3 rings (SSSR count). The van der Waals surface area contributed by atoms with Crippen LogP contribution in [0, 0.1) is 0 Å². The number of nitrogens with one attached hydrogen (secondary N) is 1. The Balaban J connectivity index is 1.56. The van der Waals surface area contributed by atoms with Crippen LogP contribution in [0.4, 0.5) is 0 Å². The zero-order valence-corrected chi connectivity index (χ0v) is 11.7. The van der Waals surface area contributed by atoms with Crippen LogP contribution in [0.1, 0.15) is 11.7 Å². The van der Waals surface area contributed by atoms with Crippen molar-refractivity contribution in [1.82, 2.24) is 10.3 Å². The first-order valence-corrected chi connectivity index (χ1v) is 6.81. The van der Waals surface area contributed by atoms with Crippen LogP contribution in [0.25, 0.3) is 17.4 Å². The number of hydrogen-bond acceptors (Lipinski definition) is 4. The van der Waals surface area contributed by atoms with Gasteiger partial charge in [0.1, 0.15) is 5.76 Å². The molecule has 3 aromatic rings. The molecule has 1 aromatic carbocycles. The van der Waals surface area contributed by atoms with Gasteiger partial charge in [-0.05, 0) is 18.2 Å². The van der Waals surface area contributed by atoms with E-state index in [0.717, 1.165) is 5.56 Å². The molecule has 0 atom stereocenters. The Hall–Kier alpha value is -3.08. The highest BCUT2D eigenvalue weighted by Crippen LogP contribution is 2.19. The van der Waals surface area contributed by atoms with Crippen molar-refractivity contribution in [2.45, 2.75) is 6.54 Å². The van der Waals surface area contributed by atoms with Gasteiger partial charge in [0.25, 0.3) is 0 Å². The lowest BCUT2D eigenvalue weighted by Crippen LogP contribution is -2.20. The molecule has 0 unspecified atom stereocenters. The Morgan fingerprint density at radius 1 is 1.18 bits per heavy atom. The fourth-order valence-corrected chi connectivity index (χ4v) is 1.89. The van der Waals surface area contributed by atoms with Crippen molar-refractivity contribution in [2.75, 3.05) is 0 Å². The molecule has 0 aliphatic heterocycles. The maximum atomic E-state index is 11.7. The minimum Gasteiger partial charge on any atom is -0.465 e. The summed E-state index contributed by atoms with van der Waals surface area (Å²) in [5.41, 5.74) is 0.949. The van der Waals surface area contributed by atoms with Crippen LogP contribution in [0.15, 0.2) is 69.8 Å². The molecule has 0 saturated carbocycles. The monoisotopic (exact) mass is 294 g/mol. The Bertz CT molecular complexity index is 758. The molecule has 0 aliphatic rings. The molecule has 0 spiro atoms. The number of carbonyl (C=O) groups excluding carboxylic acids is 1. The predicted molar refractivity (Wildman–Crippen MR) is 81.5 cm³/mol. The van der Waals surface area contributed by atoms with Crippen molar-refractivity contribution in [3.8, 4) is 11.3 Å². The van der Waals surface area contributed by atoms with Crippen LogP contribution in [0.3, 0.4) is 0 Å². The molecule has 2 heterocycles. The highest BCUT2D eigenvalue weighted by Gasteiger charge is 2.06. The second kappa shape index (κ2) is 6.58. The average Bonchev–Trinajstić information content (AvgIpc) is 3.23. The lowest BCUT2D eigenvalue weighted by Gasteiger charge is -1.98. The van der Waals surface area contributed by atoms with Gasteiger partial charge >= 0.3 is 0 Å². The van der Waals surface area contributed by atoms with Gasteiger partial charge in [0, 0.05) is 11.6 Å². The van der Waals surface area contributed by atoms with Crippen LogP contribution in [0.5, 0.6) is 0 Å². The van der Waals surface area contributed by atoms with Gasteiger partial charge in [-0.2, -0.15) is 0 Å². The van der Waals surface area contributed by atoms with E-state index < -0.39 is 0 Å². The highest BCUT2D eigenvalue weighted by molar-refractivity contribution is 5.91.